The highest BCUT2D eigenvalue weighted by Gasteiger charge is 2.26. The van der Waals surface area contributed by atoms with E-state index in [-0.39, 0.29) is 0 Å². The fraction of sp³-hybridized carbons (Fsp3) is 1.00. The molecule has 0 heterocycles. The Morgan fingerprint density at radius 2 is 1.67 bits per heavy atom. The third-order valence-corrected chi connectivity index (χ3v) is 4.20. The van der Waals surface area contributed by atoms with Crippen LogP contribution in [0.3, 0.4) is 0 Å². The highest BCUT2D eigenvalue weighted by Crippen LogP contribution is 2.34. The lowest BCUT2D eigenvalue weighted by atomic mass is 9.75. The van der Waals surface area contributed by atoms with Crippen LogP contribution in [0.5, 0.6) is 0 Å². The normalized spacial score (nSPS) is 20.8. The molecule has 1 heteroatoms. The van der Waals surface area contributed by atoms with Crippen LogP contribution in [-0.4, -0.2) is 13.1 Å². The van der Waals surface area contributed by atoms with Crippen LogP contribution in [0.2, 0.25) is 0 Å². The first-order valence-electron chi connectivity index (χ1n) is 6.91. The molecule has 1 fully saturated rings. The van der Waals surface area contributed by atoms with E-state index in [4.69, 9.17) is 0 Å². The monoisotopic (exact) mass is 211 g/mol. The summed E-state index contributed by atoms with van der Waals surface area (Å²) < 4.78 is 0. The quantitative estimate of drug-likeness (QED) is 0.700. The molecular formula is C14H29N. The van der Waals surface area contributed by atoms with Crippen LogP contribution in [0.4, 0.5) is 0 Å². The summed E-state index contributed by atoms with van der Waals surface area (Å²) in [6, 6.07) is 0. The Hall–Kier alpha value is -0.0400. The van der Waals surface area contributed by atoms with Crippen molar-refractivity contribution in [1.29, 1.82) is 0 Å². The molecule has 0 aromatic heterocycles. The predicted octanol–water partition coefficient (Wildman–Crippen LogP) is 3.98. The van der Waals surface area contributed by atoms with E-state index in [1.807, 2.05) is 0 Å². The maximum atomic E-state index is 3.70. The van der Waals surface area contributed by atoms with E-state index in [0.29, 0.717) is 5.41 Å². The predicted molar refractivity (Wildman–Crippen MR) is 68.1 cm³/mol. The molecule has 0 aromatic carbocycles. The van der Waals surface area contributed by atoms with Gasteiger partial charge in [-0.1, -0.05) is 52.9 Å². The third-order valence-electron chi connectivity index (χ3n) is 4.20. The zero-order chi connectivity index (χ0) is 11.1. The fourth-order valence-electron chi connectivity index (χ4n) is 2.74. The standard InChI is InChI=1S/C14H29N/c1-4-13(5-2)11-15-12-14(3)9-7-6-8-10-14/h13,15H,4-12H2,1-3H3. The Kier molecular flexibility index (Phi) is 5.66. The van der Waals surface area contributed by atoms with Crippen LogP contribution in [0.15, 0.2) is 0 Å². The topological polar surface area (TPSA) is 12.0 Å². The minimum atomic E-state index is 0.601. The zero-order valence-electron chi connectivity index (χ0n) is 10.9. The average molecular weight is 211 g/mol. The summed E-state index contributed by atoms with van der Waals surface area (Å²) >= 11 is 0. The van der Waals surface area contributed by atoms with Crippen LogP contribution in [-0.2, 0) is 0 Å². The zero-order valence-corrected chi connectivity index (χ0v) is 10.9. The molecule has 0 bridgehead atoms. The van der Waals surface area contributed by atoms with Crippen molar-refractivity contribution >= 4 is 0 Å². The van der Waals surface area contributed by atoms with Gasteiger partial charge in [0.25, 0.3) is 0 Å². The second kappa shape index (κ2) is 6.52. The van der Waals surface area contributed by atoms with E-state index < -0.39 is 0 Å². The van der Waals surface area contributed by atoms with Crippen molar-refractivity contribution in [3.05, 3.63) is 0 Å². The molecule has 90 valence electrons. The van der Waals surface area contributed by atoms with Gasteiger partial charge in [0.1, 0.15) is 0 Å². The van der Waals surface area contributed by atoms with Crippen LogP contribution in [0.1, 0.15) is 65.7 Å². The first kappa shape index (κ1) is 13.0. The summed E-state index contributed by atoms with van der Waals surface area (Å²) in [5.74, 6) is 0.886. The summed E-state index contributed by atoms with van der Waals surface area (Å²) in [7, 11) is 0. The van der Waals surface area contributed by atoms with Gasteiger partial charge in [-0.2, -0.15) is 0 Å². The molecule has 1 nitrogen and oxygen atoms in total. The van der Waals surface area contributed by atoms with Crippen molar-refractivity contribution in [3.63, 3.8) is 0 Å². The van der Waals surface area contributed by atoms with Gasteiger partial charge < -0.3 is 5.32 Å². The van der Waals surface area contributed by atoms with Crippen molar-refractivity contribution in [2.45, 2.75) is 65.7 Å². The minimum absolute atomic E-state index is 0.601. The molecular weight excluding hydrogens is 182 g/mol. The lowest BCUT2D eigenvalue weighted by Crippen LogP contribution is -2.35. The summed E-state index contributed by atoms with van der Waals surface area (Å²) in [6.07, 6.45) is 9.86. The summed E-state index contributed by atoms with van der Waals surface area (Å²) in [4.78, 5) is 0. The third kappa shape index (κ3) is 4.55. The second-order valence-electron chi connectivity index (χ2n) is 5.68. The highest BCUT2D eigenvalue weighted by atomic mass is 14.9. The first-order valence-corrected chi connectivity index (χ1v) is 6.91. The van der Waals surface area contributed by atoms with Crippen LogP contribution in [0, 0.1) is 11.3 Å². The van der Waals surface area contributed by atoms with Crippen molar-refractivity contribution in [1.82, 2.24) is 5.32 Å². The van der Waals surface area contributed by atoms with Gasteiger partial charge in [-0.05, 0) is 30.7 Å². The van der Waals surface area contributed by atoms with Gasteiger partial charge in [-0.15, -0.1) is 0 Å². The van der Waals surface area contributed by atoms with E-state index in [1.54, 1.807) is 0 Å². The molecule has 0 aromatic rings. The second-order valence-corrected chi connectivity index (χ2v) is 5.68. The Morgan fingerprint density at radius 3 is 2.20 bits per heavy atom. The fourth-order valence-corrected chi connectivity index (χ4v) is 2.74. The molecule has 0 amide bonds. The SMILES string of the molecule is CCC(CC)CNCC1(C)CCCCC1. The highest BCUT2D eigenvalue weighted by molar-refractivity contribution is 4.80. The molecule has 0 radical (unpaired) electrons. The molecule has 0 atom stereocenters. The van der Waals surface area contributed by atoms with E-state index >= 15 is 0 Å². The summed E-state index contributed by atoms with van der Waals surface area (Å²) in [5, 5.41) is 3.70. The van der Waals surface area contributed by atoms with Gasteiger partial charge in [0.2, 0.25) is 0 Å². The van der Waals surface area contributed by atoms with Crippen LogP contribution < -0.4 is 5.32 Å². The van der Waals surface area contributed by atoms with Crippen molar-refractivity contribution in [2.24, 2.45) is 11.3 Å². The van der Waals surface area contributed by atoms with Crippen molar-refractivity contribution in [3.8, 4) is 0 Å². The van der Waals surface area contributed by atoms with Gasteiger partial charge >= 0.3 is 0 Å². The van der Waals surface area contributed by atoms with E-state index in [1.165, 1.54) is 58.0 Å². The Labute approximate surface area is 96.0 Å². The summed E-state index contributed by atoms with van der Waals surface area (Å²) in [6.45, 7) is 9.54. The molecule has 1 aliphatic carbocycles. The molecule has 1 saturated carbocycles. The summed E-state index contributed by atoms with van der Waals surface area (Å²) in [5.41, 5.74) is 0.601. The smallest absolute Gasteiger partial charge is 0.000527 e. The minimum Gasteiger partial charge on any atom is -0.316 e. The lowest BCUT2D eigenvalue weighted by Gasteiger charge is -2.34. The molecule has 0 unspecified atom stereocenters. The Balaban J connectivity index is 2.17. The van der Waals surface area contributed by atoms with Gasteiger partial charge in [0.15, 0.2) is 0 Å². The van der Waals surface area contributed by atoms with Gasteiger partial charge in [-0.3, -0.25) is 0 Å². The van der Waals surface area contributed by atoms with Crippen LogP contribution in [0.25, 0.3) is 0 Å². The molecule has 0 saturated heterocycles. The lowest BCUT2D eigenvalue weighted by molar-refractivity contribution is 0.204. The van der Waals surface area contributed by atoms with E-state index in [2.05, 4.69) is 26.1 Å². The molecule has 0 spiro atoms. The van der Waals surface area contributed by atoms with Gasteiger partial charge in [0, 0.05) is 6.54 Å². The number of hydrogen-bond acceptors (Lipinski definition) is 1. The van der Waals surface area contributed by atoms with E-state index in [9.17, 15) is 0 Å². The van der Waals surface area contributed by atoms with Crippen molar-refractivity contribution in [2.75, 3.05) is 13.1 Å². The van der Waals surface area contributed by atoms with Gasteiger partial charge in [-0.25, -0.2) is 0 Å². The molecule has 1 N–H and O–H groups in total. The van der Waals surface area contributed by atoms with Gasteiger partial charge in [0.05, 0.1) is 0 Å². The molecule has 1 aliphatic rings. The molecule has 15 heavy (non-hydrogen) atoms. The molecule has 0 aliphatic heterocycles. The first-order chi connectivity index (χ1) is 7.20. The van der Waals surface area contributed by atoms with Crippen molar-refractivity contribution < 1.29 is 0 Å². The Bertz CT molecular complexity index is 155. The maximum Gasteiger partial charge on any atom is 0.000527 e. The number of nitrogens with one attached hydrogen (secondary N) is 1. The Morgan fingerprint density at radius 1 is 1.07 bits per heavy atom. The largest absolute Gasteiger partial charge is 0.316 e. The average Bonchev–Trinajstić information content (AvgIpc) is 2.25. The number of hydrogen-bond donors (Lipinski definition) is 1. The number of rotatable bonds is 6. The molecule has 1 rings (SSSR count). The van der Waals surface area contributed by atoms with Crippen LogP contribution >= 0.6 is 0 Å². The maximum absolute atomic E-state index is 3.70. The van der Waals surface area contributed by atoms with E-state index in [0.717, 1.165) is 5.92 Å².